The van der Waals surface area contributed by atoms with Crippen molar-refractivity contribution in [1.82, 2.24) is 15.1 Å². The van der Waals surface area contributed by atoms with E-state index < -0.39 is 5.54 Å². The molecule has 0 spiro atoms. The largest absolute Gasteiger partial charge is 0.368 e. The monoisotopic (exact) mass is 433 g/mol. The zero-order valence-corrected chi connectivity index (χ0v) is 18.4. The number of carbonyl (C=O) groups excluding carboxylic acids is 3. The van der Waals surface area contributed by atoms with Crippen molar-refractivity contribution in [3.63, 3.8) is 0 Å². The zero-order chi connectivity index (χ0) is 21.1. The smallest absolute Gasteiger partial charge is 0.325 e. The predicted octanol–water partition coefficient (Wildman–Crippen LogP) is 2.80. The molecule has 1 aromatic heterocycles. The number of imide groups is 1. The Bertz CT molecular complexity index is 769. The van der Waals surface area contributed by atoms with Crippen LogP contribution in [0.5, 0.6) is 0 Å². The van der Waals surface area contributed by atoms with Crippen LogP contribution in [0.4, 0.5) is 4.79 Å². The molecular formula is C22H31N3O4S. The predicted molar refractivity (Wildman–Crippen MR) is 114 cm³/mol. The summed E-state index contributed by atoms with van der Waals surface area (Å²) in [6, 6.07) is 3.74. The van der Waals surface area contributed by atoms with Crippen LogP contribution >= 0.6 is 11.3 Å². The molecule has 3 saturated heterocycles. The third-order valence-corrected chi connectivity index (χ3v) is 7.65. The first-order chi connectivity index (χ1) is 14.5. The average molecular weight is 434 g/mol. The molecule has 4 rings (SSSR count). The van der Waals surface area contributed by atoms with Crippen LogP contribution in [-0.4, -0.2) is 65.5 Å². The lowest BCUT2D eigenvalue weighted by Gasteiger charge is -2.41. The number of carbonyl (C=O) groups is 3. The number of nitrogens with zero attached hydrogens (tertiary/aromatic N) is 2. The number of piperidine rings is 1. The maximum absolute atomic E-state index is 13.5. The van der Waals surface area contributed by atoms with Gasteiger partial charge < -0.3 is 15.0 Å². The molecule has 7 nitrogen and oxygen atoms in total. The minimum atomic E-state index is -0.833. The minimum Gasteiger partial charge on any atom is -0.368 e. The molecule has 0 saturated carbocycles. The molecule has 4 heterocycles. The van der Waals surface area contributed by atoms with Crippen LogP contribution in [0.15, 0.2) is 17.5 Å². The summed E-state index contributed by atoms with van der Waals surface area (Å²) in [5, 5.41) is 5.09. The van der Waals surface area contributed by atoms with E-state index in [9.17, 15) is 14.4 Å². The highest BCUT2D eigenvalue weighted by Crippen LogP contribution is 2.37. The Morgan fingerprint density at radius 2 is 2.10 bits per heavy atom. The Kier molecular flexibility index (Phi) is 6.43. The minimum absolute atomic E-state index is 0.0502. The molecule has 3 aliphatic rings. The van der Waals surface area contributed by atoms with Crippen LogP contribution in [0.2, 0.25) is 0 Å². The standard InChI is InChI=1S/C22H31N3O4S/c1-2-10-22(16-7-11-24(12-8-16)19(26)18-6-3-14-29-18)20(27)25(21(28)23-22)13-9-17-5-4-15-30-17/h4-5,15-16,18H,2-3,6-14H2,1H3,(H,23,28). The van der Waals surface area contributed by atoms with Crippen molar-refractivity contribution in [2.75, 3.05) is 26.2 Å². The van der Waals surface area contributed by atoms with Gasteiger partial charge in [-0.3, -0.25) is 14.5 Å². The lowest BCUT2D eigenvalue weighted by molar-refractivity contribution is -0.143. The molecule has 8 heteroatoms. The summed E-state index contributed by atoms with van der Waals surface area (Å²) < 4.78 is 5.55. The third kappa shape index (κ3) is 3.99. The number of nitrogens with one attached hydrogen (secondary N) is 1. The Morgan fingerprint density at radius 3 is 2.73 bits per heavy atom. The van der Waals surface area contributed by atoms with Crippen LogP contribution in [0.1, 0.15) is 50.3 Å². The first-order valence-electron chi connectivity index (χ1n) is 11.1. The van der Waals surface area contributed by atoms with Gasteiger partial charge in [-0.05, 0) is 55.9 Å². The Hall–Kier alpha value is -1.93. The first kappa shape index (κ1) is 21.3. The van der Waals surface area contributed by atoms with Gasteiger partial charge >= 0.3 is 6.03 Å². The Labute approximate surface area is 181 Å². The van der Waals surface area contributed by atoms with E-state index in [2.05, 4.69) is 5.32 Å². The van der Waals surface area contributed by atoms with Crippen molar-refractivity contribution in [3.8, 4) is 0 Å². The fraction of sp³-hybridized carbons (Fsp3) is 0.682. The van der Waals surface area contributed by atoms with Crippen molar-refractivity contribution in [2.45, 2.75) is 63.5 Å². The van der Waals surface area contributed by atoms with Crippen LogP contribution in [0.3, 0.4) is 0 Å². The highest BCUT2D eigenvalue weighted by molar-refractivity contribution is 7.09. The summed E-state index contributed by atoms with van der Waals surface area (Å²) >= 11 is 1.64. The summed E-state index contributed by atoms with van der Waals surface area (Å²) in [4.78, 5) is 43.3. The van der Waals surface area contributed by atoms with Gasteiger partial charge in [0, 0.05) is 31.1 Å². The topological polar surface area (TPSA) is 79.0 Å². The highest BCUT2D eigenvalue weighted by atomic mass is 32.1. The lowest BCUT2D eigenvalue weighted by atomic mass is 9.74. The zero-order valence-electron chi connectivity index (χ0n) is 17.6. The molecule has 4 amide bonds. The molecule has 164 valence electrons. The average Bonchev–Trinajstić information content (AvgIpc) is 3.50. The van der Waals surface area contributed by atoms with Crippen LogP contribution in [0, 0.1) is 5.92 Å². The quantitative estimate of drug-likeness (QED) is 0.671. The van der Waals surface area contributed by atoms with Gasteiger partial charge in [-0.15, -0.1) is 11.3 Å². The Morgan fingerprint density at radius 1 is 1.30 bits per heavy atom. The molecule has 1 aromatic rings. The summed E-state index contributed by atoms with van der Waals surface area (Å²) in [5.41, 5.74) is -0.833. The van der Waals surface area contributed by atoms with Crippen molar-refractivity contribution in [2.24, 2.45) is 5.92 Å². The maximum atomic E-state index is 13.5. The van der Waals surface area contributed by atoms with E-state index in [4.69, 9.17) is 4.74 Å². The third-order valence-electron chi connectivity index (χ3n) is 6.72. The van der Waals surface area contributed by atoms with Gasteiger partial charge in [-0.25, -0.2) is 4.79 Å². The molecule has 0 radical (unpaired) electrons. The second-order valence-electron chi connectivity index (χ2n) is 8.54. The van der Waals surface area contributed by atoms with Crippen molar-refractivity contribution >= 4 is 29.2 Å². The molecule has 2 atom stereocenters. The van der Waals surface area contributed by atoms with E-state index in [1.165, 1.54) is 9.78 Å². The fourth-order valence-electron chi connectivity index (χ4n) is 5.14. The molecule has 1 N–H and O–H groups in total. The van der Waals surface area contributed by atoms with Crippen molar-refractivity contribution in [3.05, 3.63) is 22.4 Å². The number of hydrogen-bond donors (Lipinski definition) is 1. The van der Waals surface area contributed by atoms with Gasteiger partial charge in [0.05, 0.1) is 0 Å². The number of rotatable bonds is 7. The van der Waals surface area contributed by atoms with Gasteiger partial charge in [0.2, 0.25) is 0 Å². The SMILES string of the molecule is CCCC1(C2CCN(C(=O)C3CCCO3)CC2)NC(=O)N(CCc2cccs2)C1=O. The molecule has 0 bridgehead atoms. The van der Waals surface area contributed by atoms with Crippen molar-refractivity contribution in [1.29, 1.82) is 0 Å². The maximum Gasteiger partial charge on any atom is 0.325 e. The Balaban J connectivity index is 1.42. The first-order valence-corrected chi connectivity index (χ1v) is 12.0. The molecule has 2 unspecified atom stereocenters. The molecule has 0 aliphatic carbocycles. The van der Waals surface area contributed by atoms with E-state index in [0.717, 1.165) is 32.1 Å². The van der Waals surface area contributed by atoms with Gasteiger partial charge in [-0.2, -0.15) is 0 Å². The summed E-state index contributed by atoms with van der Waals surface area (Å²) in [7, 11) is 0. The van der Waals surface area contributed by atoms with E-state index >= 15 is 0 Å². The molecule has 3 fully saturated rings. The molecule has 0 aromatic carbocycles. The summed E-state index contributed by atoms with van der Waals surface area (Å²) in [6.07, 6.45) is 5.03. The highest BCUT2D eigenvalue weighted by Gasteiger charge is 2.55. The lowest BCUT2D eigenvalue weighted by Crippen LogP contribution is -2.57. The van der Waals surface area contributed by atoms with Crippen LogP contribution in [0.25, 0.3) is 0 Å². The van der Waals surface area contributed by atoms with Crippen LogP contribution in [-0.2, 0) is 20.7 Å². The number of thiophene rings is 1. The number of ether oxygens (including phenoxy) is 1. The number of urea groups is 1. The van der Waals surface area contributed by atoms with E-state index in [-0.39, 0.29) is 29.9 Å². The molecule has 3 aliphatic heterocycles. The summed E-state index contributed by atoms with van der Waals surface area (Å²) in [6.45, 7) is 4.35. The number of likely N-dealkylation sites (tertiary alicyclic amines) is 1. The van der Waals surface area contributed by atoms with E-state index in [1.54, 1.807) is 11.3 Å². The van der Waals surface area contributed by atoms with Gasteiger partial charge in [-0.1, -0.05) is 19.4 Å². The second-order valence-corrected chi connectivity index (χ2v) is 9.57. The van der Waals surface area contributed by atoms with Gasteiger partial charge in [0.1, 0.15) is 11.6 Å². The van der Waals surface area contributed by atoms with E-state index in [1.807, 2.05) is 29.3 Å². The molecular weight excluding hydrogens is 402 g/mol. The second kappa shape index (κ2) is 9.06. The molecule has 30 heavy (non-hydrogen) atoms. The van der Waals surface area contributed by atoms with Crippen molar-refractivity contribution < 1.29 is 19.1 Å². The van der Waals surface area contributed by atoms with Gasteiger partial charge in [0.25, 0.3) is 11.8 Å². The van der Waals surface area contributed by atoms with Crippen LogP contribution < -0.4 is 5.32 Å². The fourth-order valence-corrected chi connectivity index (χ4v) is 5.84. The van der Waals surface area contributed by atoms with Gasteiger partial charge in [0.15, 0.2) is 0 Å². The van der Waals surface area contributed by atoms with E-state index in [0.29, 0.717) is 39.1 Å². The number of amides is 4. The normalized spacial score (nSPS) is 27.7. The number of hydrogen-bond acceptors (Lipinski definition) is 5. The summed E-state index contributed by atoms with van der Waals surface area (Å²) in [5.74, 6) is 0.0406.